The molecule has 0 bridgehead atoms. The van der Waals surface area contributed by atoms with Crippen molar-refractivity contribution in [2.75, 3.05) is 26.5 Å². The summed E-state index contributed by atoms with van der Waals surface area (Å²) in [6.07, 6.45) is 0.736. The third-order valence-corrected chi connectivity index (χ3v) is 5.40. The number of thioether (sulfide) groups is 1. The molecule has 7 heteroatoms. The van der Waals surface area contributed by atoms with Crippen molar-refractivity contribution in [3.8, 4) is 5.75 Å². The first-order valence-electron chi connectivity index (χ1n) is 8.60. The maximum Gasteiger partial charge on any atom is 0.259 e. The van der Waals surface area contributed by atoms with Crippen LogP contribution in [0.3, 0.4) is 0 Å². The molecule has 0 saturated carbocycles. The molecule has 0 aliphatic carbocycles. The lowest BCUT2D eigenvalue weighted by atomic mass is 10.0. The van der Waals surface area contributed by atoms with Crippen LogP contribution in [0, 0.1) is 5.82 Å². The number of nitrogens with one attached hydrogen (secondary N) is 1. The molecular formula is C20H21FN2O3S. The van der Waals surface area contributed by atoms with Gasteiger partial charge in [-0.25, -0.2) is 4.39 Å². The highest BCUT2D eigenvalue weighted by molar-refractivity contribution is 7.99. The molecule has 1 N–H and O–H groups in total. The van der Waals surface area contributed by atoms with E-state index in [0.717, 1.165) is 22.6 Å². The summed E-state index contributed by atoms with van der Waals surface area (Å²) in [5.74, 6) is 0.578. The van der Waals surface area contributed by atoms with Gasteiger partial charge in [0.2, 0.25) is 0 Å². The number of ether oxygens (including phenoxy) is 1. The highest BCUT2D eigenvalue weighted by Gasteiger charge is 2.23. The lowest BCUT2D eigenvalue weighted by Crippen LogP contribution is -2.31. The minimum absolute atomic E-state index is 0.0927. The zero-order valence-corrected chi connectivity index (χ0v) is 16.0. The number of benzene rings is 2. The number of halogens is 1. The Balaban J connectivity index is 1.70. The predicted molar refractivity (Wildman–Crippen MR) is 103 cm³/mol. The summed E-state index contributed by atoms with van der Waals surface area (Å²) in [6.45, 7) is -0.0927. The summed E-state index contributed by atoms with van der Waals surface area (Å²) in [7, 11) is 3.30. The molecule has 27 heavy (non-hydrogen) atoms. The fraction of sp³-hybridized carbons (Fsp3) is 0.300. The quantitative estimate of drug-likeness (QED) is 0.854. The van der Waals surface area contributed by atoms with Gasteiger partial charge in [0.25, 0.3) is 11.8 Å². The molecule has 2 aromatic rings. The third-order valence-electron chi connectivity index (χ3n) is 4.27. The van der Waals surface area contributed by atoms with Gasteiger partial charge in [-0.3, -0.25) is 9.59 Å². The van der Waals surface area contributed by atoms with Gasteiger partial charge in [-0.2, -0.15) is 0 Å². The average Bonchev–Trinajstić information content (AvgIpc) is 2.66. The molecule has 0 fully saturated rings. The lowest BCUT2D eigenvalue weighted by molar-refractivity contribution is -0.130. The molecule has 0 radical (unpaired) electrons. The number of carbonyl (C=O) groups is 2. The molecule has 0 unspecified atom stereocenters. The van der Waals surface area contributed by atoms with E-state index in [1.54, 1.807) is 56.2 Å². The molecule has 142 valence electrons. The first kappa shape index (κ1) is 19.2. The summed E-state index contributed by atoms with van der Waals surface area (Å²) >= 11 is 1.66. The summed E-state index contributed by atoms with van der Waals surface area (Å²) in [6, 6.07) is 11.1. The van der Waals surface area contributed by atoms with Gasteiger partial charge in [0.1, 0.15) is 11.6 Å². The monoisotopic (exact) mass is 388 g/mol. The Morgan fingerprint density at radius 2 is 2.07 bits per heavy atom. The Morgan fingerprint density at radius 1 is 1.26 bits per heavy atom. The van der Waals surface area contributed by atoms with Crippen molar-refractivity contribution >= 4 is 23.6 Å². The van der Waals surface area contributed by atoms with Crippen LogP contribution in [0.5, 0.6) is 5.75 Å². The smallest absolute Gasteiger partial charge is 0.259 e. The van der Waals surface area contributed by atoms with Crippen LogP contribution < -0.4 is 10.1 Å². The van der Waals surface area contributed by atoms with Gasteiger partial charge in [0.05, 0.1) is 6.04 Å². The van der Waals surface area contributed by atoms with Crippen LogP contribution in [0.15, 0.2) is 47.4 Å². The van der Waals surface area contributed by atoms with E-state index in [9.17, 15) is 14.0 Å². The van der Waals surface area contributed by atoms with E-state index in [0.29, 0.717) is 11.3 Å². The van der Waals surface area contributed by atoms with Gasteiger partial charge in [-0.15, -0.1) is 11.8 Å². The number of amides is 2. The minimum atomic E-state index is -0.309. The summed E-state index contributed by atoms with van der Waals surface area (Å²) in [5, 5.41) is 2.98. The number of likely N-dealkylation sites (N-methyl/N-ethyl adjacent to an activating group) is 1. The molecule has 0 saturated heterocycles. The van der Waals surface area contributed by atoms with E-state index in [2.05, 4.69) is 5.32 Å². The van der Waals surface area contributed by atoms with Crippen molar-refractivity contribution in [3.63, 3.8) is 0 Å². The van der Waals surface area contributed by atoms with E-state index in [4.69, 9.17) is 4.74 Å². The standard InChI is InChI=1S/C20H21FN2O3S/c1-23(2)19(24)12-26-15-5-3-4-13(10-15)20(25)22-17-8-9-27-18-7-6-14(21)11-16(17)18/h3-7,10-11,17H,8-9,12H2,1-2H3,(H,22,25)/t17-/m0/s1. The van der Waals surface area contributed by atoms with E-state index in [-0.39, 0.29) is 30.3 Å². The first-order valence-corrected chi connectivity index (χ1v) is 9.59. The second kappa shape index (κ2) is 8.43. The van der Waals surface area contributed by atoms with Crippen molar-refractivity contribution in [3.05, 3.63) is 59.4 Å². The van der Waals surface area contributed by atoms with E-state index in [1.165, 1.54) is 17.0 Å². The molecule has 2 amide bonds. The highest BCUT2D eigenvalue weighted by atomic mass is 32.2. The second-order valence-corrected chi connectivity index (χ2v) is 7.59. The zero-order valence-electron chi connectivity index (χ0n) is 15.2. The summed E-state index contributed by atoms with van der Waals surface area (Å²) < 4.78 is 19.1. The summed E-state index contributed by atoms with van der Waals surface area (Å²) in [5.41, 5.74) is 1.24. The second-order valence-electron chi connectivity index (χ2n) is 6.45. The van der Waals surface area contributed by atoms with Crippen molar-refractivity contribution in [1.82, 2.24) is 10.2 Å². The molecule has 1 aliphatic rings. The Kier molecular flexibility index (Phi) is 6.01. The molecule has 5 nitrogen and oxygen atoms in total. The molecule has 3 rings (SSSR count). The third kappa shape index (κ3) is 4.80. The molecule has 1 heterocycles. The topological polar surface area (TPSA) is 58.6 Å². The van der Waals surface area contributed by atoms with Crippen molar-refractivity contribution in [2.24, 2.45) is 0 Å². The number of hydrogen-bond donors (Lipinski definition) is 1. The van der Waals surface area contributed by atoms with Gasteiger partial charge >= 0.3 is 0 Å². The molecular weight excluding hydrogens is 367 g/mol. The first-order chi connectivity index (χ1) is 12.9. The minimum Gasteiger partial charge on any atom is -0.484 e. The average molecular weight is 388 g/mol. The molecule has 1 atom stereocenters. The molecule has 0 spiro atoms. The van der Waals surface area contributed by atoms with Gasteiger partial charge in [-0.1, -0.05) is 6.07 Å². The number of fused-ring (bicyclic) bond motifs is 1. The number of hydrogen-bond acceptors (Lipinski definition) is 4. The maximum absolute atomic E-state index is 13.6. The molecule has 0 aromatic heterocycles. The van der Waals surface area contributed by atoms with Crippen LogP contribution in [0.1, 0.15) is 28.4 Å². The molecule has 1 aliphatic heterocycles. The van der Waals surface area contributed by atoms with Crippen LogP contribution in [0.2, 0.25) is 0 Å². The Labute approximate surface area is 161 Å². The fourth-order valence-corrected chi connectivity index (χ4v) is 3.86. The van der Waals surface area contributed by atoms with Crippen LogP contribution in [0.25, 0.3) is 0 Å². The van der Waals surface area contributed by atoms with Crippen LogP contribution in [0.4, 0.5) is 4.39 Å². The van der Waals surface area contributed by atoms with Gasteiger partial charge in [0, 0.05) is 30.3 Å². The van der Waals surface area contributed by atoms with Gasteiger partial charge in [0.15, 0.2) is 6.61 Å². The van der Waals surface area contributed by atoms with Crippen LogP contribution in [-0.2, 0) is 4.79 Å². The van der Waals surface area contributed by atoms with E-state index in [1.807, 2.05) is 0 Å². The van der Waals surface area contributed by atoms with Gasteiger partial charge in [-0.05, 0) is 48.4 Å². The summed E-state index contributed by atoms with van der Waals surface area (Å²) in [4.78, 5) is 26.7. The maximum atomic E-state index is 13.6. The van der Waals surface area contributed by atoms with Crippen molar-refractivity contribution in [2.45, 2.75) is 17.4 Å². The fourth-order valence-electron chi connectivity index (χ4n) is 2.76. The van der Waals surface area contributed by atoms with Crippen LogP contribution in [-0.4, -0.2) is 43.2 Å². The normalized spacial score (nSPS) is 15.6. The van der Waals surface area contributed by atoms with Crippen molar-refractivity contribution in [1.29, 1.82) is 0 Å². The lowest BCUT2D eigenvalue weighted by Gasteiger charge is -2.26. The Bertz CT molecular complexity index is 857. The highest BCUT2D eigenvalue weighted by Crippen LogP contribution is 2.36. The number of nitrogens with zero attached hydrogens (tertiary/aromatic N) is 1. The number of rotatable bonds is 5. The predicted octanol–water partition coefficient (Wildman–Crippen LogP) is 3.26. The molecule has 2 aromatic carbocycles. The largest absolute Gasteiger partial charge is 0.484 e. The van der Waals surface area contributed by atoms with Crippen LogP contribution >= 0.6 is 11.8 Å². The van der Waals surface area contributed by atoms with E-state index >= 15 is 0 Å². The zero-order chi connectivity index (χ0) is 19.4. The number of carbonyl (C=O) groups excluding carboxylic acids is 2. The van der Waals surface area contributed by atoms with Crippen molar-refractivity contribution < 1.29 is 18.7 Å². The Morgan fingerprint density at radius 3 is 2.85 bits per heavy atom. The van der Waals surface area contributed by atoms with Gasteiger partial charge < -0.3 is 15.0 Å². The SMILES string of the molecule is CN(C)C(=O)COc1cccc(C(=O)N[C@H]2CCSc3ccc(F)cc32)c1. The Hall–Kier alpha value is -2.54. The van der Waals surface area contributed by atoms with E-state index < -0.39 is 0 Å².